The molecule has 1 N–H and O–H groups in total. The van der Waals surface area contributed by atoms with Crippen LogP contribution in [0.1, 0.15) is 59.1 Å². The maximum absolute atomic E-state index is 13.0. The quantitative estimate of drug-likeness (QED) is 0.905. The zero-order chi connectivity index (χ0) is 15.6. The highest BCUT2D eigenvalue weighted by molar-refractivity contribution is 7.94. The molecule has 4 heteroatoms. The van der Waals surface area contributed by atoms with Crippen molar-refractivity contribution in [3.05, 3.63) is 35.9 Å². The third-order valence-corrected chi connectivity index (χ3v) is 7.64. The van der Waals surface area contributed by atoms with Crippen LogP contribution in [0.15, 0.2) is 30.3 Å². The lowest BCUT2D eigenvalue weighted by molar-refractivity contribution is 0.117. The maximum atomic E-state index is 13.0. The van der Waals surface area contributed by atoms with Crippen molar-refractivity contribution in [3.63, 3.8) is 0 Å². The average molecular weight is 298 g/mol. The molecule has 0 radical (unpaired) electrons. The molecule has 0 heterocycles. The summed E-state index contributed by atoms with van der Waals surface area (Å²) in [7, 11) is -3.50. The second-order valence-electron chi connectivity index (χ2n) is 6.20. The number of hydrogen-bond acceptors (Lipinski definition) is 3. The van der Waals surface area contributed by atoms with Gasteiger partial charge >= 0.3 is 0 Å². The molecule has 0 aliphatic heterocycles. The van der Waals surface area contributed by atoms with Crippen LogP contribution in [0.4, 0.5) is 0 Å². The molecular formula is C16H26O3S. The molecule has 20 heavy (non-hydrogen) atoms. The fourth-order valence-electron chi connectivity index (χ4n) is 2.71. The topological polar surface area (TPSA) is 54.4 Å². The van der Waals surface area contributed by atoms with E-state index in [0.29, 0.717) is 18.4 Å². The van der Waals surface area contributed by atoms with Gasteiger partial charge in [-0.05, 0) is 39.2 Å². The van der Waals surface area contributed by atoms with E-state index in [2.05, 4.69) is 0 Å². The largest absolute Gasteiger partial charge is 0.387 e. The third-order valence-electron chi connectivity index (χ3n) is 4.15. The molecule has 0 bridgehead atoms. The van der Waals surface area contributed by atoms with E-state index in [4.69, 9.17) is 0 Å². The van der Waals surface area contributed by atoms with E-state index >= 15 is 0 Å². The first kappa shape index (κ1) is 17.2. The monoisotopic (exact) mass is 298 g/mol. The van der Waals surface area contributed by atoms with Crippen molar-refractivity contribution in [1.82, 2.24) is 0 Å². The molecule has 0 spiro atoms. The summed E-state index contributed by atoms with van der Waals surface area (Å²) in [4.78, 5) is 0. The van der Waals surface area contributed by atoms with E-state index in [0.717, 1.165) is 0 Å². The molecule has 0 saturated heterocycles. The van der Waals surface area contributed by atoms with Crippen LogP contribution in [-0.2, 0) is 9.84 Å². The lowest BCUT2D eigenvalue weighted by Gasteiger charge is -2.41. The van der Waals surface area contributed by atoms with Gasteiger partial charge in [0, 0.05) is 0 Å². The Bertz CT molecular complexity index is 523. The zero-order valence-electron chi connectivity index (χ0n) is 13.1. The van der Waals surface area contributed by atoms with Crippen LogP contribution in [0, 0.1) is 0 Å². The standard InChI is InChI=1S/C16H26O3S/c1-6-16(7-2,20(18,19)15(3,4)5)14(17)13-11-9-8-10-12-13/h8-12,14,17H,6-7H2,1-5H3/t14-/m0/s1. The van der Waals surface area contributed by atoms with Crippen molar-refractivity contribution in [2.24, 2.45) is 0 Å². The highest BCUT2D eigenvalue weighted by atomic mass is 32.2. The number of hydrogen-bond donors (Lipinski definition) is 1. The van der Waals surface area contributed by atoms with Crippen LogP contribution in [0.5, 0.6) is 0 Å². The molecule has 0 aromatic heterocycles. The summed E-state index contributed by atoms with van der Waals surface area (Å²) in [5, 5.41) is 10.8. The lowest BCUT2D eigenvalue weighted by atomic mass is 9.90. The van der Waals surface area contributed by atoms with Crippen molar-refractivity contribution in [2.75, 3.05) is 0 Å². The van der Waals surface area contributed by atoms with Crippen LogP contribution in [0.3, 0.4) is 0 Å². The van der Waals surface area contributed by atoms with Gasteiger partial charge in [-0.15, -0.1) is 0 Å². The van der Waals surface area contributed by atoms with Gasteiger partial charge in [-0.2, -0.15) is 0 Å². The summed E-state index contributed by atoms with van der Waals surface area (Å²) in [6.07, 6.45) is -0.235. The summed E-state index contributed by atoms with van der Waals surface area (Å²) in [5.74, 6) is 0. The fourth-order valence-corrected chi connectivity index (χ4v) is 5.12. The van der Waals surface area contributed by atoms with Crippen molar-refractivity contribution >= 4 is 9.84 Å². The molecule has 1 atom stereocenters. The van der Waals surface area contributed by atoms with E-state index in [1.807, 2.05) is 32.0 Å². The van der Waals surface area contributed by atoms with Gasteiger partial charge in [0.15, 0.2) is 9.84 Å². The molecule has 0 aliphatic carbocycles. The number of sulfone groups is 1. The molecule has 0 aliphatic rings. The van der Waals surface area contributed by atoms with Crippen molar-refractivity contribution < 1.29 is 13.5 Å². The van der Waals surface area contributed by atoms with Crippen molar-refractivity contribution in [1.29, 1.82) is 0 Å². The van der Waals surface area contributed by atoms with E-state index in [-0.39, 0.29) is 0 Å². The highest BCUT2D eigenvalue weighted by Crippen LogP contribution is 2.43. The van der Waals surface area contributed by atoms with Crippen LogP contribution in [-0.4, -0.2) is 23.0 Å². The molecule has 0 unspecified atom stereocenters. The normalized spacial score (nSPS) is 15.1. The van der Waals surface area contributed by atoms with Crippen molar-refractivity contribution in [3.8, 4) is 0 Å². The SMILES string of the molecule is CCC(CC)([C@@H](O)c1ccccc1)S(=O)(=O)C(C)(C)C. The van der Waals surface area contributed by atoms with Gasteiger partial charge in [-0.3, -0.25) is 0 Å². The van der Waals surface area contributed by atoms with Crippen LogP contribution in [0.25, 0.3) is 0 Å². The Morgan fingerprint density at radius 3 is 1.85 bits per heavy atom. The third kappa shape index (κ3) is 2.63. The Kier molecular flexibility index (Phi) is 5.03. The summed E-state index contributed by atoms with van der Waals surface area (Å²) in [5.41, 5.74) is 0.657. The molecule has 114 valence electrons. The Hall–Kier alpha value is -0.870. The minimum Gasteiger partial charge on any atom is -0.387 e. The Balaban J connectivity index is 3.44. The molecule has 1 aromatic rings. The Morgan fingerprint density at radius 1 is 1.05 bits per heavy atom. The van der Waals surface area contributed by atoms with Crippen LogP contribution >= 0.6 is 0 Å². The molecule has 0 saturated carbocycles. The van der Waals surface area contributed by atoms with E-state index in [9.17, 15) is 13.5 Å². The second-order valence-corrected chi connectivity index (χ2v) is 9.25. The summed E-state index contributed by atoms with van der Waals surface area (Å²) in [6, 6.07) is 9.05. The van der Waals surface area contributed by atoms with Crippen LogP contribution < -0.4 is 0 Å². The number of aliphatic hydroxyl groups excluding tert-OH is 1. The minimum atomic E-state index is -3.50. The van der Waals surface area contributed by atoms with Crippen molar-refractivity contribution in [2.45, 2.75) is 63.1 Å². The number of rotatable bonds is 5. The Morgan fingerprint density at radius 2 is 1.50 bits per heavy atom. The molecule has 3 nitrogen and oxygen atoms in total. The number of aliphatic hydroxyl groups is 1. The Labute approximate surface area is 123 Å². The first-order valence-corrected chi connectivity index (χ1v) is 8.59. The molecule has 0 fully saturated rings. The molecule has 1 aromatic carbocycles. The van der Waals surface area contributed by atoms with Gasteiger partial charge in [0.05, 0.1) is 10.9 Å². The summed E-state index contributed by atoms with van der Waals surface area (Å²) >= 11 is 0. The van der Waals surface area contributed by atoms with Gasteiger partial charge in [0.1, 0.15) is 4.75 Å². The second kappa shape index (κ2) is 5.86. The maximum Gasteiger partial charge on any atom is 0.163 e. The lowest BCUT2D eigenvalue weighted by Crippen LogP contribution is -2.51. The van der Waals surface area contributed by atoms with E-state index in [1.54, 1.807) is 32.9 Å². The smallest absolute Gasteiger partial charge is 0.163 e. The fraction of sp³-hybridized carbons (Fsp3) is 0.625. The minimum absolute atomic E-state index is 0.388. The van der Waals surface area contributed by atoms with Gasteiger partial charge < -0.3 is 5.11 Å². The highest BCUT2D eigenvalue weighted by Gasteiger charge is 2.52. The number of benzene rings is 1. The molecule has 0 amide bonds. The van der Waals surface area contributed by atoms with Gasteiger partial charge in [0.25, 0.3) is 0 Å². The molecule has 1 rings (SSSR count). The predicted molar refractivity (Wildman–Crippen MR) is 83.4 cm³/mol. The van der Waals surface area contributed by atoms with E-state index in [1.165, 1.54) is 0 Å². The average Bonchev–Trinajstić information content (AvgIpc) is 2.40. The van der Waals surface area contributed by atoms with E-state index < -0.39 is 25.4 Å². The van der Waals surface area contributed by atoms with Crippen LogP contribution in [0.2, 0.25) is 0 Å². The van der Waals surface area contributed by atoms with Gasteiger partial charge in [-0.25, -0.2) is 8.42 Å². The van der Waals surface area contributed by atoms with Gasteiger partial charge in [0.2, 0.25) is 0 Å². The summed E-state index contributed by atoms with van der Waals surface area (Å²) in [6.45, 7) is 8.75. The first-order chi connectivity index (χ1) is 9.14. The molecular weight excluding hydrogens is 272 g/mol. The summed E-state index contributed by atoms with van der Waals surface area (Å²) < 4.78 is 23.9. The predicted octanol–water partition coefficient (Wildman–Crippen LogP) is 3.49. The first-order valence-electron chi connectivity index (χ1n) is 7.11. The zero-order valence-corrected chi connectivity index (χ0v) is 13.9. The van der Waals surface area contributed by atoms with Gasteiger partial charge in [-0.1, -0.05) is 44.2 Å².